The van der Waals surface area contributed by atoms with Gasteiger partial charge in [0.05, 0.1) is 0 Å². The van der Waals surface area contributed by atoms with E-state index in [4.69, 9.17) is 16.8 Å². The molecule has 0 spiro atoms. The van der Waals surface area contributed by atoms with E-state index in [0.717, 1.165) is 0 Å². The Morgan fingerprint density at radius 1 is 1.55 bits per heavy atom. The fraction of sp³-hybridized carbons (Fsp3) is 0.500. The van der Waals surface area contributed by atoms with Crippen LogP contribution in [0, 0.1) is 10.9 Å². The summed E-state index contributed by atoms with van der Waals surface area (Å²) in [6, 6.07) is 0. The lowest BCUT2D eigenvalue weighted by Gasteiger charge is -2.05. The molecule has 0 aromatic heterocycles. The van der Waals surface area contributed by atoms with E-state index in [1.807, 2.05) is 6.92 Å². The number of hydrogen-bond acceptors (Lipinski definition) is 4. The van der Waals surface area contributed by atoms with Crippen molar-refractivity contribution in [2.45, 2.75) is 13.3 Å². The van der Waals surface area contributed by atoms with Gasteiger partial charge in [-0.25, -0.2) is 5.53 Å². The van der Waals surface area contributed by atoms with Crippen LogP contribution in [-0.4, -0.2) is 11.8 Å². The molecule has 0 aromatic carbocycles. The third-order valence-electron chi connectivity index (χ3n) is 0.928. The molecule has 0 heterocycles. The second-order valence-electron chi connectivity index (χ2n) is 1.64. The number of hydrogen-bond donors (Lipinski definition) is 5. The third kappa shape index (κ3) is 3.84. The number of nitrogens with two attached hydrogens (primary N) is 1. The van der Waals surface area contributed by atoms with Gasteiger partial charge in [0.2, 0.25) is 0 Å². The zero-order valence-electron chi connectivity index (χ0n) is 6.18. The molecule has 0 saturated heterocycles. The van der Waals surface area contributed by atoms with E-state index in [9.17, 15) is 0 Å². The second kappa shape index (κ2) is 5.15. The normalized spacial score (nSPS) is 10.5. The molecule has 0 amide bonds. The average molecular weight is 157 g/mol. The summed E-state index contributed by atoms with van der Waals surface area (Å²) in [7, 11) is 0. The Morgan fingerprint density at radius 3 is 2.55 bits per heavy atom. The lowest BCUT2D eigenvalue weighted by Crippen LogP contribution is -2.40. The largest absolute Gasteiger partial charge is 0.322 e. The van der Waals surface area contributed by atoms with Gasteiger partial charge in [-0.3, -0.25) is 16.3 Å². The fourth-order valence-electron chi connectivity index (χ4n) is 0.371. The van der Waals surface area contributed by atoms with Gasteiger partial charge < -0.3 is 5.84 Å². The Bertz CT molecular complexity index is 171. The quantitative estimate of drug-likeness (QED) is 0.118. The molecule has 0 fully saturated rings. The van der Waals surface area contributed by atoms with E-state index in [0.29, 0.717) is 12.3 Å². The first-order valence-electron chi connectivity index (χ1n) is 2.99. The number of guanidine groups is 1. The Kier molecular flexibility index (Phi) is 4.37. The standard InChI is InChI=1S/C4H11N7/c1-2-3(8-6)10-11-4(5)9-7/h7H,2,6H2,1H3,(H2,5,11)(H,8,10). The summed E-state index contributed by atoms with van der Waals surface area (Å²) in [5.74, 6) is 5.15. The average Bonchev–Trinajstić information content (AvgIpc) is 2.06. The van der Waals surface area contributed by atoms with Gasteiger partial charge in [-0.1, -0.05) is 6.92 Å². The van der Waals surface area contributed by atoms with Crippen LogP contribution in [0.15, 0.2) is 10.2 Å². The Morgan fingerprint density at radius 2 is 2.18 bits per heavy atom. The zero-order chi connectivity index (χ0) is 8.69. The Balaban J connectivity index is 3.68. The number of hydrazine groups is 1. The minimum Gasteiger partial charge on any atom is -0.322 e. The zero-order valence-corrected chi connectivity index (χ0v) is 6.18. The van der Waals surface area contributed by atoms with Gasteiger partial charge in [0, 0.05) is 6.42 Å². The number of nitrogens with zero attached hydrogens (tertiary/aromatic N) is 2. The summed E-state index contributed by atoms with van der Waals surface area (Å²) < 4.78 is 0. The number of amidine groups is 1. The Hall–Kier alpha value is -1.66. The van der Waals surface area contributed by atoms with Crippen molar-refractivity contribution in [3.63, 3.8) is 0 Å². The molecule has 0 atom stereocenters. The van der Waals surface area contributed by atoms with Gasteiger partial charge in [-0.05, 0) is 0 Å². The van der Waals surface area contributed by atoms with Gasteiger partial charge in [0.1, 0.15) is 5.84 Å². The second-order valence-corrected chi connectivity index (χ2v) is 1.64. The maximum absolute atomic E-state index is 6.86. The van der Waals surface area contributed by atoms with Crippen molar-refractivity contribution in [2.75, 3.05) is 0 Å². The maximum Gasteiger partial charge on any atom is 0.253 e. The van der Waals surface area contributed by atoms with Crippen molar-refractivity contribution in [1.29, 1.82) is 10.9 Å². The fourth-order valence-corrected chi connectivity index (χ4v) is 0.371. The van der Waals surface area contributed by atoms with Crippen LogP contribution in [0.1, 0.15) is 13.3 Å². The molecule has 6 N–H and O–H groups in total. The van der Waals surface area contributed by atoms with Crippen LogP contribution in [0.4, 0.5) is 0 Å². The van der Waals surface area contributed by atoms with Crippen molar-refractivity contribution < 1.29 is 0 Å². The van der Waals surface area contributed by atoms with Crippen molar-refractivity contribution in [1.82, 2.24) is 10.9 Å². The lowest BCUT2D eigenvalue weighted by atomic mass is 10.5. The van der Waals surface area contributed by atoms with Crippen LogP contribution in [0.5, 0.6) is 0 Å². The topological polar surface area (TPSA) is 122 Å². The highest BCUT2D eigenvalue weighted by Gasteiger charge is 1.93. The Labute approximate surface area is 64.0 Å². The summed E-state index contributed by atoms with van der Waals surface area (Å²) in [5, 5.41) is 13.0. The molecular formula is C4H11N7. The summed E-state index contributed by atoms with van der Waals surface area (Å²) >= 11 is 0. The summed E-state index contributed by atoms with van der Waals surface area (Å²) in [6.07, 6.45) is 0.620. The third-order valence-corrected chi connectivity index (χ3v) is 0.928. The number of hydrazone groups is 1. The van der Waals surface area contributed by atoms with Crippen LogP contribution >= 0.6 is 0 Å². The van der Waals surface area contributed by atoms with Gasteiger partial charge in [-0.15, -0.1) is 5.11 Å². The SMILES string of the molecule is CC/C(=N\N)NNC(=N)N=N. The first kappa shape index (κ1) is 9.34. The van der Waals surface area contributed by atoms with E-state index in [1.54, 1.807) is 0 Å². The van der Waals surface area contributed by atoms with Crippen molar-refractivity contribution in [2.24, 2.45) is 16.1 Å². The van der Waals surface area contributed by atoms with Crippen LogP contribution in [0.25, 0.3) is 0 Å². The van der Waals surface area contributed by atoms with E-state index in [-0.39, 0.29) is 5.96 Å². The molecule has 62 valence electrons. The monoisotopic (exact) mass is 157 g/mol. The van der Waals surface area contributed by atoms with Crippen molar-refractivity contribution in [3.8, 4) is 0 Å². The molecule has 0 bridgehead atoms. The molecule has 7 heteroatoms. The van der Waals surface area contributed by atoms with Crippen LogP contribution in [-0.2, 0) is 0 Å². The molecule has 0 aromatic rings. The van der Waals surface area contributed by atoms with E-state index in [2.05, 4.69) is 21.1 Å². The van der Waals surface area contributed by atoms with E-state index in [1.165, 1.54) is 0 Å². The number of nitrogens with one attached hydrogen (secondary N) is 4. The molecule has 0 unspecified atom stereocenters. The first-order chi connectivity index (χ1) is 5.24. The van der Waals surface area contributed by atoms with Crippen molar-refractivity contribution >= 4 is 11.8 Å². The molecule has 0 aliphatic carbocycles. The van der Waals surface area contributed by atoms with E-state index < -0.39 is 0 Å². The summed E-state index contributed by atoms with van der Waals surface area (Å²) in [4.78, 5) is 0. The number of rotatable bonds is 1. The molecule has 0 aliphatic heterocycles. The highest BCUT2D eigenvalue weighted by atomic mass is 15.4. The molecule has 0 radical (unpaired) electrons. The predicted molar refractivity (Wildman–Crippen MR) is 41.1 cm³/mol. The van der Waals surface area contributed by atoms with Crippen LogP contribution in [0.3, 0.4) is 0 Å². The minimum absolute atomic E-state index is 0.292. The summed E-state index contributed by atoms with van der Waals surface area (Å²) in [6.45, 7) is 1.85. The maximum atomic E-state index is 6.86. The first-order valence-corrected chi connectivity index (χ1v) is 2.99. The van der Waals surface area contributed by atoms with Gasteiger partial charge in [0.25, 0.3) is 5.96 Å². The molecule has 11 heavy (non-hydrogen) atoms. The smallest absolute Gasteiger partial charge is 0.253 e. The van der Waals surface area contributed by atoms with Crippen molar-refractivity contribution in [3.05, 3.63) is 0 Å². The van der Waals surface area contributed by atoms with E-state index >= 15 is 0 Å². The minimum atomic E-state index is -0.292. The van der Waals surface area contributed by atoms with Gasteiger partial charge >= 0.3 is 0 Å². The molecule has 0 rings (SSSR count). The lowest BCUT2D eigenvalue weighted by molar-refractivity contribution is 0.810. The van der Waals surface area contributed by atoms with Gasteiger partial charge in [0.15, 0.2) is 0 Å². The predicted octanol–water partition coefficient (Wildman–Crippen LogP) is -0.271. The molecular weight excluding hydrogens is 146 g/mol. The summed E-state index contributed by atoms with van der Waals surface area (Å²) in [5.41, 5.74) is 11.2. The molecule has 0 aliphatic rings. The molecule has 7 nitrogen and oxygen atoms in total. The highest BCUT2D eigenvalue weighted by Crippen LogP contribution is 1.75. The highest BCUT2D eigenvalue weighted by molar-refractivity contribution is 5.85. The van der Waals surface area contributed by atoms with Gasteiger partial charge in [-0.2, -0.15) is 5.10 Å². The van der Waals surface area contributed by atoms with Crippen LogP contribution < -0.4 is 16.7 Å². The van der Waals surface area contributed by atoms with Crippen LogP contribution in [0.2, 0.25) is 0 Å². The molecule has 0 saturated carbocycles.